The molecule has 0 amide bonds. The van der Waals surface area contributed by atoms with Crippen molar-refractivity contribution in [2.24, 2.45) is 5.73 Å². The van der Waals surface area contributed by atoms with Crippen LogP contribution in [-0.4, -0.2) is 6.04 Å². The van der Waals surface area contributed by atoms with E-state index in [0.717, 1.165) is 28.6 Å². The summed E-state index contributed by atoms with van der Waals surface area (Å²) in [6, 6.07) is 13.7. The maximum Gasteiger partial charge on any atom is 0.146 e. The average Bonchev–Trinajstić information content (AvgIpc) is 2.44. The fourth-order valence-electron chi connectivity index (χ4n) is 1.85. The minimum absolute atomic E-state index is 0.168. The van der Waals surface area contributed by atoms with E-state index >= 15 is 0 Å². The van der Waals surface area contributed by atoms with Gasteiger partial charge in [0.25, 0.3) is 0 Å². The molecule has 4 heteroatoms. The lowest BCUT2D eigenvalue weighted by atomic mass is 10.0. The molecule has 0 spiro atoms. The number of hydrogen-bond acceptors (Lipinski definition) is 2. The molecule has 2 aromatic rings. The van der Waals surface area contributed by atoms with Gasteiger partial charge < -0.3 is 10.5 Å². The molecule has 106 valence electrons. The molecule has 20 heavy (non-hydrogen) atoms. The molecule has 0 aliphatic heterocycles. The van der Waals surface area contributed by atoms with Gasteiger partial charge in [-0.15, -0.1) is 0 Å². The van der Waals surface area contributed by atoms with Crippen molar-refractivity contribution in [3.63, 3.8) is 0 Å². The van der Waals surface area contributed by atoms with Crippen molar-refractivity contribution < 1.29 is 4.74 Å². The first kappa shape index (κ1) is 15.4. The molecule has 0 saturated carbocycles. The predicted molar refractivity (Wildman–Crippen MR) is 87.6 cm³/mol. The normalized spacial score (nSPS) is 12.2. The van der Waals surface area contributed by atoms with Crippen molar-refractivity contribution in [2.75, 3.05) is 0 Å². The van der Waals surface area contributed by atoms with Crippen molar-refractivity contribution in [3.8, 4) is 11.5 Å². The molecule has 0 fully saturated rings. The molecule has 1 atom stereocenters. The first-order valence-electron chi connectivity index (χ1n) is 6.56. The van der Waals surface area contributed by atoms with Gasteiger partial charge in [-0.2, -0.15) is 0 Å². The van der Waals surface area contributed by atoms with Crippen molar-refractivity contribution in [1.29, 1.82) is 0 Å². The van der Waals surface area contributed by atoms with E-state index in [9.17, 15) is 0 Å². The van der Waals surface area contributed by atoms with Crippen molar-refractivity contribution in [1.82, 2.24) is 0 Å². The molecule has 0 heterocycles. The van der Waals surface area contributed by atoms with E-state index in [0.29, 0.717) is 10.8 Å². The highest BCUT2D eigenvalue weighted by Crippen LogP contribution is 2.34. The summed E-state index contributed by atoms with van der Waals surface area (Å²) in [6.07, 6.45) is 1.78. The SMILES string of the molecule is CCC(N)Cc1ccc(Oc2ccccc2Br)c(Cl)c1. The monoisotopic (exact) mass is 353 g/mol. The summed E-state index contributed by atoms with van der Waals surface area (Å²) >= 11 is 9.73. The lowest BCUT2D eigenvalue weighted by Crippen LogP contribution is -2.21. The van der Waals surface area contributed by atoms with E-state index in [1.54, 1.807) is 0 Å². The van der Waals surface area contributed by atoms with Gasteiger partial charge in [0, 0.05) is 6.04 Å². The quantitative estimate of drug-likeness (QED) is 0.803. The van der Waals surface area contributed by atoms with Crippen LogP contribution in [0.25, 0.3) is 0 Å². The second-order valence-electron chi connectivity index (χ2n) is 4.67. The zero-order valence-electron chi connectivity index (χ0n) is 11.3. The molecule has 2 N–H and O–H groups in total. The number of nitrogens with two attached hydrogens (primary N) is 1. The van der Waals surface area contributed by atoms with Gasteiger partial charge in [-0.1, -0.05) is 36.7 Å². The number of para-hydroxylation sites is 1. The van der Waals surface area contributed by atoms with Crippen molar-refractivity contribution >= 4 is 27.5 Å². The highest BCUT2D eigenvalue weighted by molar-refractivity contribution is 9.10. The average molecular weight is 355 g/mol. The zero-order chi connectivity index (χ0) is 14.5. The van der Waals surface area contributed by atoms with Crippen molar-refractivity contribution in [2.45, 2.75) is 25.8 Å². The molecule has 0 saturated heterocycles. The van der Waals surface area contributed by atoms with Crippen LogP contribution in [0.3, 0.4) is 0 Å². The molecule has 0 aliphatic carbocycles. The summed E-state index contributed by atoms with van der Waals surface area (Å²) in [7, 11) is 0. The molecular formula is C16H17BrClNO. The lowest BCUT2D eigenvalue weighted by molar-refractivity contribution is 0.479. The van der Waals surface area contributed by atoms with Gasteiger partial charge in [0.1, 0.15) is 11.5 Å². The van der Waals surface area contributed by atoms with Crippen LogP contribution >= 0.6 is 27.5 Å². The highest BCUT2D eigenvalue weighted by Gasteiger charge is 2.08. The third kappa shape index (κ3) is 3.98. The zero-order valence-corrected chi connectivity index (χ0v) is 13.6. The van der Waals surface area contributed by atoms with Crippen LogP contribution in [0.5, 0.6) is 11.5 Å². The van der Waals surface area contributed by atoms with E-state index in [-0.39, 0.29) is 6.04 Å². The van der Waals surface area contributed by atoms with Crippen LogP contribution in [0, 0.1) is 0 Å². The number of benzene rings is 2. The molecule has 0 radical (unpaired) electrons. The molecule has 0 aromatic heterocycles. The third-order valence-electron chi connectivity index (χ3n) is 3.08. The molecule has 0 aliphatic rings. The summed E-state index contributed by atoms with van der Waals surface area (Å²) in [6.45, 7) is 2.08. The Kier molecular flexibility index (Phi) is 5.46. The van der Waals surface area contributed by atoms with Crippen LogP contribution in [0.15, 0.2) is 46.9 Å². The van der Waals surface area contributed by atoms with Crippen LogP contribution < -0.4 is 10.5 Å². The summed E-state index contributed by atoms with van der Waals surface area (Å²) in [4.78, 5) is 0. The first-order chi connectivity index (χ1) is 9.60. The molecule has 0 bridgehead atoms. The van der Waals surface area contributed by atoms with Gasteiger partial charge in [-0.05, 0) is 58.6 Å². The first-order valence-corrected chi connectivity index (χ1v) is 7.73. The number of hydrogen-bond donors (Lipinski definition) is 1. The van der Waals surface area contributed by atoms with Crippen LogP contribution in [0.2, 0.25) is 5.02 Å². The minimum atomic E-state index is 0.168. The molecular weight excluding hydrogens is 338 g/mol. The Hall–Kier alpha value is -1.03. The van der Waals surface area contributed by atoms with E-state index in [4.69, 9.17) is 22.1 Å². The second-order valence-corrected chi connectivity index (χ2v) is 5.93. The van der Waals surface area contributed by atoms with Gasteiger partial charge in [-0.25, -0.2) is 0 Å². The van der Waals surface area contributed by atoms with E-state index in [2.05, 4.69) is 22.9 Å². The van der Waals surface area contributed by atoms with Gasteiger partial charge in [-0.3, -0.25) is 0 Å². The van der Waals surface area contributed by atoms with Crippen LogP contribution in [0.1, 0.15) is 18.9 Å². The smallest absolute Gasteiger partial charge is 0.146 e. The lowest BCUT2D eigenvalue weighted by Gasteiger charge is -2.12. The maximum absolute atomic E-state index is 6.28. The maximum atomic E-state index is 6.28. The summed E-state index contributed by atoms with van der Waals surface area (Å²) < 4.78 is 6.71. The second kappa shape index (κ2) is 7.11. The molecule has 2 nitrogen and oxygen atoms in total. The van der Waals surface area contributed by atoms with Crippen molar-refractivity contribution in [3.05, 3.63) is 57.5 Å². The molecule has 2 rings (SSSR count). The Balaban J connectivity index is 2.16. The fraction of sp³-hybridized carbons (Fsp3) is 0.250. The predicted octanol–water partition coefficient (Wildman–Crippen LogP) is 5.17. The van der Waals surface area contributed by atoms with E-state index in [1.807, 2.05) is 42.5 Å². The van der Waals surface area contributed by atoms with Crippen LogP contribution in [-0.2, 0) is 6.42 Å². The third-order valence-corrected chi connectivity index (χ3v) is 4.03. The van der Waals surface area contributed by atoms with E-state index < -0.39 is 0 Å². The Bertz CT molecular complexity index is 588. The molecule has 1 unspecified atom stereocenters. The number of halogens is 2. The van der Waals surface area contributed by atoms with Gasteiger partial charge >= 0.3 is 0 Å². The molecule has 2 aromatic carbocycles. The Labute approximate surface area is 133 Å². The summed E-state index contributed by atoms with van der Waals surface area (Å²) in [5.41, 5.74) is 7.08. The Morgan fingerprint density at radius 1 is 1.20 bits per heavy atom. The topological polar surface area (TPSA) is 35.2 Å². The minimum Gasteiger partial charge on any atom is -0.455 e. The highest BCUT2D eigenvalue weighted by atomic mass is 79.9. The standard InChI is InChI=1S/C16H17BrClNO/c1-2-12(19)9-11-7-8-16(14(18)10-11)20-15-6-4-3-5-13(15)17/h3-8,10,12H,2,9,19H2,1H3. The Morgan fingerprint density at radius 3 is 2.60 bits per heavy atom. The van der Waals surface area contributed by atoms with Gasteiger partial charge in [0.15, 0.2) is 0 Å². The summed E-state index contributed by atoms with van der Waals surface area (Å²) in [5.74, 6) is 1.39. The van der Waals surface area contributed by atoms with Gasteiger partial charge in [0.2, 0.25) is 0 Å². The van der Waals surface area contributed by atoms with E-state index in [1.165, 1.54) is 0 Å². The fourth-order valence-corrected chi connectivity index (χ4v) is 2.45. The number of ether oxygens (including phenoxy) is 1. The largest absolute Gasteiger partial charge is 0.455 e. The van der Waals surface area contributed by atoms with Crippen LogP contribution in [0.4, 0.5) is 0 Å². The van der Waals surface area contributed by atoms with Gasteiger partial charge in [0.05, 0.1) is 9.50 Å². The Morgan fingerprint density at radius 2 is 1.95 bits per heavy atom. The number of rotatable bonds is 5. The summed E-state index contributed by atoms with van der Waals surface area (Å²) in [5, 5.41) is 0.599.